The fourth-order valence-electron chi connectivity index (χ4n) is 2.71. The van der Waals surface area contributed by atoms with Gasteiger partial charge >= 0.3 is 6.18 Å². The number of amides is 1. The van der Waals surface area contributed by atoms with Gasteiger partial charge in [0.2, 0.25) is 5.91 Å². The van der Waals surface area contributed by atoms with Crippen molar-refractivity contribution in [3.8, 4) is 0 Å². The summed E-state index contributed by atoms with van der Waals surface area (Å²) < 4.78 is 41.3. The molecule has 3 aromatic rings. The molecule has 1 N–H and O–H groups in total. The molecule has 0 saturated heterocycles. The number of carbonyl (C=O) groups excluding carboxylic acids is 1. The molecule has 1 aromatic carbocycles. The first-order valence-electron chi connectivity index (χ1n) is 8.72. The summed E-state index contributed by atoms with van der Waals surface area (Å²) in [6.45, 7) is 1.72. The van der Waals surface area contributed by atoms with Crippen LogP contribution in [0.3, 0.4) is 0 Å². The van der Waals surface area contributed by atoms with Crippen molar-refractivity contribution in [1.82, 2.24) is 19.6 Å². The summed E-state index contributed by atoms with van der Waals surface area (Å²) in [5.74, 6) is -0.345. The van der Waals surface area contributed by atoms with Gasteiger partial charge in [-0.2, -0.15) is 23.4 Å². The predicted octanol–water partition coefficient (Wildman–Crippen LogP) is 6.21. The summed E-state index contributed by atoms with van der Waals surface area (Å²) in [7, 11) is 0. The molecule has 0 radical (unpaired) electrons. The van der Waals surface area contributed by atoms with Crippen LogP contribution in [0.2, 0.25) is 15.1 Å². The second-order valence-electron chi connectivity index (χ2n) is 6.53. The van der Waals surface area contributed by atoms with Crippen LogP contribution in [0.1, 0.15) is 23.4 Å². The number of aryl methyl sites for hydroxylation is 1. The maximum Gasteiger partial charge on any atom is 0.436 e. The second-order valence-corrected chi connectivity index (χ2v) is 8.57. The van der Waals surface area contributed by atoms with E-state index in [-0.39, 0.29) is 34.0 Å². The van der Waals surface area contributed by atoms with Crippen molar-refractivity contribution in [3.63, 3.8) is 0 Å². The minimum Gasteiger partial charge on any atom is -0.308 e. The lowest BCUT2D eigenvalue weighted by Crippen LogP contribution is -2.17. The first kappa shape index (κ1) is 23.9. The van der Waals surface area contributed by atoms with E-state index in [2.05, 4.69) is 31.4 Å². The van der Waals surface area contributed by atoms with Crippen molar-refractivity contribution < 1.29 is 18.0 Å². The summed E-state index contributed by atoms with van der Waals surface area (Å²) in [5.41, 5.74) is -0.0151. The molecule has 0 aliphatic heterocycles. The van der Waals surface area contributed by atoms with Crippen LogP contribution < -0.4 is 5.32 Å². The molecule has 166 valence electrons. The van der Waals surface area contributed by atoms with Crippen LogP contribution in [0.15, 0.2) is 28.9 Å². The van der Waals surface area contributed by atoms with Crippen LogP contribution in [0, 0.1) is 6.92 Å². The van der Waals surface area contributed by atoms with Gasteiger partial charge in [-0.25, -0.2) is 0 Å². The number of hydrogen-bond acceptors (Lipinski definition) is 3. The van der Waals surface area contributed by atoms with Crippen LogP contribution in [0.25, 0.3) is 0 Å². The average Bonchev–Trinajstić information content (AvgIpc) is 3.15. The molecule has 0 aliphatic rings. The molecule has 2 heterocycles. The van der Waals surface area contributed by atoms with Gasteiger partial charge in [-0.15, -0.1) is 0 Å². The lowest BCUT2D eigenvalue weighted by atomic mass is 10.2. The summed E-state index contributed by atoms with van der Waals surface area (Å²) in [4.78, 5) is 12.3. The van der Waals surface area contributed by atoms with Crippen LogP contribution in [0.5, 0.6) is 0 Å². The Bertz CT molecular complexity index is 1130. The highest BCUT2D eigenvalue weighted by atomic mass is 79.9. The van der Waals surface area contributed by atoms with E-state index in [1.807, 2.05) is 0 Å². The third-order valence-corrected chi connectivity index (χ3v) is 6.09. The highest BCUT2D eigenvalue weighted by Gasteiger charge is 2.37. The molecule has 0 bridgehead atoms. The lowest BCUT2D eigenvalue weighted by molar-refractivity contribution is -0.142. The normalized spacial score (nSPS) is 11.7. The lowest BCUT2D eigenvalue weighted by Gasteiger charge is -2.06. The standard InChI is InChI=1S/C18H14BrCl3F3N5O/c1-9-15(19)16(18(23,24)25)27-30(9)5-4-14(31)26-17-13(22)8-29(28-17)7-10-2-3-11(20)6-12(10)21/h2-3,6,8H,4-5,7H2,1H3,(H,26,28,31). The molecular formula is C18H14BrCl3F3N5O. The maximum atomic E-state index is 13.0. The van der Waals surface area contributed by atoms with E-state index in [1.165, 1.54) is 17.8 Å². The monoisotopic (exact) mass is 557 g/mol. The minimum absolute atomic E-state index is 0.0505. The number of nitrogens with one attached hydrogen (secondary N) is 1. The topological polar surface area (TPSA) is 64.7 Å². The van der Waals surface area contributed by atoms with E-state index >= 15 is 0 Å². The number of rotatable bonds is 6. The van der Waals surface area contributed by atoms with E-state index in [1.54, 1.807) is 18.2 Å². The minimum atomic E-state index is -4.59. The largest absolute Gasteiger partial charge is 0.436 e. The summed E-state index contributed by atoms with van der Waals surface area (Å²) >= 11 is 21.1. The second kappa shape index (κ2) is 9.40. The van der Waals surface area contributed by atoms with Crippen LogP contribution in [-0.2, 0) is 24.1 Å². The molecule has 0 aliphatic carbocycles. The van der Waals surface area contributed by atoms with Gasteiger partial charge in [-0.3, -0.25) is 14.2 Å². The molecular weight excluding hydrogens is 545 g/mol. The van der Waals surface area contributed by atoms with Crippen molar-refractivity contribution in [1.29, 1.82) is 0 Å². The quantitative estimate of drug-likeness (QED) is 0.391. The van der Waals surface area contributed by atoms with Crippen molar-refractivity contribution in [2.24, 2.45) is 0 Å². The van der Waals surface area contributed by atoms with Gasteiger partial charge in [0, 0.05) is 22.7 Å². The van der Waals surface area contributed by atoms with Crippen LogP contribution in [-0.4, -0.2) is 25.5 Å². The number of halogens is 7. The fraction of sp³-hybridized carbons (Fsp3) is 0.278. The smallest absolute Gasteiger partial charge is 0.308 e. The molecule has 1 amide bonds. The van der Waals surface area contributed by atoms with Crippen molar-refractivity contribution in [3.05, 3.63) is 60.9 Å². The molecule has 3 rings (SSSR count). The van der Waals surface area contributed by atoms with Crippen LogP contribution in [0.4, 0.5) is 19.0 Å². The Kier molecular flexibility index (Phi) is 7.25. The average molecular weight is 560 g/mol. The number of benzene rings is 1. The molecule has 0 fully saturated rings. The van der Waals surface area contributed by atoms with Crippen molar-refractivity contribution >= 4 is 62.5 Å². The van der Waals surface area contributed by atoms with Gasteiger partial charge in [-0.1, -0.05) is 40.9 Å². The first-order chi connectivity index (χ1) is 14.5. The van der Waals surface area contributed by atoms with Gasteiger partial charge in [0.15, 0.2) is 11.5 Å². The van der Waals surface area contributed by atoms with Gasteiger partial charge in [0.05, 0.1) is 23.3 Å². The molecule has 6 nitrogen and oxygen atoms in total. The van der Waals surface area contributed by atoms with Gasteiger partial charge in [-0.05, 0) is 40.5 Å². The highest BCUT2D eigenvalue weighted by Crippen LogP contribution is 2.35. The Morgan fingerprint density at radius 2 is 1.90 bits per heavy atom. The highest BCUT2D eigenvalue weighted by molar-refractivity contribution is 9.10. The van der Waals surface area contributed by atoms with Crippen molar-refractivity contribution in [2.75, 3.05) is 5.32 Å². The number of carbonyl (C=O) groups is 1. The summed E-state index contributed by atoms with van der Waals surface area (Å²) in [5, 5.41) is 11.5. The molecule has 0 spiro atoms. The van der Waals surface area contributed by atoms with E-state index in [0.29, 0.717) is 16.6 Å². The number of nitrogens with zero attached hydrogens (tertiary/aromatic N) is 4. The molecule has 0 saturated carbocycles. The molecule has 2 aromatic heterocycles. The molecule has 31 heavy (non-hydrogen) atoms. The Morgan fingerprint density at radius 3 is 2.52 bits per heavy atom. The van der Waals surface area contributed by atoms with E-state index in [0.717, 1.165) is 10.2 Å². The first-order valence-corrected chi connectivity index (χ1v) is 10.6. The molecule has 13 heteroatoms. The van der Waals surface area contributed by atoms with Gasteiger partial charge in [0.25, 0.3) is 0 Å². The predicted molar refractivity (Wildman–Crippen MR) is 116 cm³/mol. The Hall–Kier alpha value is -1.75. The number of hydrogen-bond donors (Lipinski definition) is 1. The Labute approximate surface area is 198 Å². The zero-order chi connectivity index (χ0) is 22.9. The van der Waals surface area contributed by atoms with E-state index in [9.17, 15) is 18.0 Å². The fourth-order valence-corrected chi connectivity index (χ4v) is 3.89. The third kappa shape index (κ3) is 5.74. The summed E-state index contributed by atoms with van der Waals surface area (Å²) in [6, 6.07) is 5.04. The molecule has 0 unspecified atom stereocenters. The zero-order valence-electron chi connectivity index (χ0n) is 15.8. The number of alkyl halides is 3. The maximum absolute atomic E-state index is 13.0. The van der Waals surface area contributed by atoms with Crippen LogP contribution >= 0.6 is 50.7 Å². The van der Waals surface area contributed by atoms with E-state index < -0.39 is 17.8 Å². The molecule has 0 atom stereocenters. The van der Waals surface area contributed by atoms with E-state index in [4.69, 9.17) is 34.8 Å². The Balaban J connectivity index is 1.64. The number of aromatic nitrogens is 4. The summed E-state index contributed by atoms with van der Waals surface area (Å²) in [6.07, 6.45) is -3.20. The zero-order valence-corrected chi connectivity index (χ0v) is 19.6. The number of anilines is 1. The van der Waals surface area contributed by atoms with Crippen molar-refractivity contribution in [2.45, 2.75) is 32.6 Å². The Morgan fingerprint density at radius 1 is 1.19 bits per heavy atom. The van der Waals surface area contributed by atoms with Gasteiger partial charge < -0.3 is 5.32 Å². The SMILES string of the molecule is Cc1c(Br)c(C(F)(F)F)nn1CCC(=O)Nc1nn(Cc2ccc(Cl)cc2Cl)cc1Cl. The third-order valence-electron chi connectivity index (χ3n) is 4.27. The van der Waals surface area contributed by atoms with Gasteiger partial charge in [0.1, 0.15) is 5.02 Å².